The first-order valence-corrected chi connectivity index (χ1v) is 23.4. The van der Waals surface area contributed by atoms with Crippen LogP contribution in [0.15, 0.2) is 11.6 Å². The van der Waals surface area contributed by atoms with Gasteiger partial charge in [0, 0.05) is 13.0 Å². The van der Waals surface area contributed by atoms with E-state index in [1.807, 2.05) is 0 Å². The first-order valence-electron chi connectivity index (χ1n) is 19.3. The maximum absolute atomic E-state index is 12.5. The minimum absolute atomic E-state index is 0.0619. The molecule has 4 aliphatic carbocycles. The quantitative estimate of drug-likeness (QED) is 0.125. The standard InChI is InChI=1S/C40H72O3SSi/c1-37(2,3)45(7,8)43-26-16-14-18-28-44-27-17-13-11-9-10-12-15-19-31-29-32-30-33(41)20-23-38(32,4)34-21-24-39(5)35(36(31)34)22-25-40(39,6)42/h30-31,34-36,42H,9-29H2,1-8H3/t31-,34+,35+,36-,38+,39+,40+/m1/s1. The predicted molar refractivity (Wildman–Crippen MR) is 197 cm³/mol. The summed E-state index contributed by atoms with van der Waals surface area (Å²) in [5.74, 6) is 5.76. The third kappa shape index (κ3) is 8.74. The fourth-order valence-electron chi connectivity index (χ4n) is 9.87. The zero-order chi connectivity index (χ0) is 32.9. The van der Waals surface area contributed by atoms with Crippen LogP contribution in [-0.2, 0) is 9.22 Å². The van der Waals surface area contributed by atoms with Crippen molar-refractivity contribution < 1.29 is 14.3 Å². The molecule has 7 atom stereocenters. The molecule has 5 heteroatoms. The minimum Gasteiger partial charge on any atom is -0.417 e. The monoisotopic (exact) mass is 660 g/mol. The van der Waals surface area contributed by atoms with Crippen LogP contribution in [0.5, 0.6) is 0 Å². The summed E-state index contributed by atoms with van der Waals surface area (Å²) >= 11 is 2.16. The topological polar surface area (TPSA) is 46.5 Å². The van der Waals surface area contributed by atoms with E-state index >= 15 is 0 Å². The Morgan fingerprint density at radius 1 is 0.867 bits per heavy atom. The first-order chi connectivity index (χ1) is 21.1. The number of rotatable bonds is 17. The lowest BCUT2D eigenvalue weighted by atomic mass is 9.44. The van der Waals surface area contributed by atoms with Crippen molar-refractivity contribution in [2.45, 2.75) is 181 Å². The summed E-state index contributed by atoms with van der Waals surface area (Å²) < 4.78 is 6.31. The molecule has 260 valence electrons. The molecule has 0 unspecified atom stereocenters. The van der Waals surface area contributed by atoms with Crippen LogP contribution in [0.2, 0.25) is 18.1 Å². The molecule has 3 fully saturated rings. The number of allylic oxidation sites excluding steroid dienone is 1. The molecule has 1 N–H and O–H groups in total. The average molecular weight is 661 g/mol. The number of hydrogen-bond acceptors (Lipinski definition) is 4. The Balaban J connectivity index is 1.10. The van der Waals surface area contributed by atoms with Crippen LogP contribution in [0.4, 0.5) is 0 Å². The van der Waals surface area contributed by atoms with Gasteiger partial charge < -0.3 is 9.53 Å². The summed E-state index contributed by atoms with van der Waals surface area (Å²) in [4.78, 5) is 12.5. The van der Waals surface area contributed by atoms with Gasteiger partial charge in [0.15, 0.2) is 14.1 Å². The first kappa shape index (κ1) is 37.7. The number of aliphatic hydroxyl groups is 1. The molecular weight excluding hydrogens is 589 g/mol. The van der Waals surface area contributed by atoms with Gasteiger partial charge in [0.05, 0.1) is 5.60 Å². The fourth-order valence-corrected chi connectivity index (χ4v) is 12.0. The lowest BCUT2D eigenvalue weighted by Gasteiger charge is -2.61. The van der Waals surface area contributed by atoms with Crippen molar-refractivity contribution in [3.8, 4) is 0 Å². The van der Waals surface area contributed by atoms with Crippen molar-refractivity contribution in [2.75, 3.05) is 18.1 Å². The van der Waals surface area contributed by atoms with E-state index in [0.29, 0.717) is 28.6 Å². The molecule has 0 amide bonds. The van der Waals surface area contributed by atoms with E-state index in [1.54, 1.807) is 0 Å². The molecule has 0 aromatic heterocycles. The van der Waals surface area contributed by atoms with E-state index in [9.17, 15) is 9.90 Å². The van der Waals surface area contributed by atoms with Gasteiger partial charge in [-0.15, -0.1) is 0 Å². The molecule has 0 spiro atoms. The zero-order valence-electron chi connectivity index (χ0n) is 30.9. The predicted octanol–water partition coefficient (Wildman–Crippen LogP) is 11.5. The van der Waals surface area contributed by atoms with Gasteiger partial charge in [-0.25, -0.2) is 0 Å². The van der Waals surface area contributed by atoms with Gasteiger partial charge in [-0.05, 0) is 141 Å². The molecule has 45 heavy (non-hydrogen) atoms. The summed E-state index contributed by atoms with van der Waals surface area (Å²) in [6.07, 6.45) is 24.3. The van der Waals surface area contributed by atoms with E-state index < -0.39 is 13.9 Å². The van der Waals surface area contributed by atoms with Crippen molar-refractivity contribution >= 4 is 25.9 Å². The number of hydrogen-bond donors (Lipinski definition) is 1. The van der Waals surface area contributed by atoms with Gasteiger partial charge in [0.25, 0.3) is 0 Å². The summed E-state index contributed by atoms with van der Waals surface area (Å²) in [5, 5.41) is 11.8. The van der Waals surface area contributed by atoms with Crippen LogP contribution in [0.3, 0.4) is 0 Å². The Morgan fingerprint density at radius 2 is 1.47 bits per heavy atom. The molecule has 3 nitrogen and oxygen atoms in total. The second-order valence-electron chi connectivity index (χ2n) is 18.1. The molecule has 0 bridgehead atoms. The third-order valence-corrected chi connectivity index (χ3v) is 20.0. The van der Waals surface area contributed by atoms with E-state index in [0.717, 1.165) is 44.6 Å². The molecule has 0 saturated heterocycles. The van der Waals surface area contributed by atoms with Gasteiger partial charge in [0.1, 0.15) is 0 Å². The number of ketones is 1. The van der Waals surface area contributed by atoms with Gasteiger partial charge in [0.2, 0.25) is 0 Å². The summed E-state index contributed by atoms with van der Waals surface area (Å²) in [6.45, 7) is 19.7. The lowest BCUT2D eigenvalue weighted by Crippen LogP contribution is -2.56. The van der Waals surface area contributed by atoms with Crippen molar-refractivity contribution in [1.82, 2.24) is 0 Å². The van der Waals surface area contributed by atoms with Crippen molar-refractivity contribution in [3.63, 3.8) is 0 Å². The average Bonchev–Trinajstić information content (AvgIpc) is 3.21. The Hall–Kier alpha value is -0.103. The van der Waals surface area contributed by atoms with Crippen LogP contribution in [0, 0.1) is 34.5 Å². The summed E-state index contributed by atoms with van der Waals surface area (Å²) in [5.41, 5.74) is 1.24. The van der Waals surface area contributed by atoms with E-state index in [-0.39, 0.29) is 10.8 Å². The number of thioether (sulfide) groups is 1. The zero-order valence-corrected chi connectivity index (χ0v) is 32.7. The van der Waals surface area contributed by atoms with E-state index in [4.69, 9.17) is 4.43 Å². The van der Waals surface area contributed by atoms with Gasteiger partial charge in [-0.1, -0.05) is 85.1 Å². The van der Waals surface area contributed by atoms with Crippen molar-refractivity contribution in [3.05, 3.63) is 11.6 Å². The highest BCUT2D eigenvalue weighted by Gasteiger charge is 2.64. The van der Waals surface area contributed by atoms with Gasteiger partial charge in [-0.2, -0.15) is 11.8 Å². The van der Waals surface area contributed by atoms with Gasteiger partial charge >= 0.3 is 0 Å². The van der Waals surface area contributed by atoms with Crippen LogP contribution in [0.1, 0.15) is 157 Å². The van der Waals surface area contributed by atoms with E-state index in [1.165, 1.54) is 101 Å². The highest BCUT2D eigenvalue weighted by molar-refractivity contribution is 7.99. The fraction of sp³-hybridized carbons (Fsp3) is 0.925. The summed E-state index contributed by atoms with van der Waals surface area (Å²) in [6, 6.07) is 0. The normalized spacial score (nSPS) is 35.1. The second kappa shape index (κ2) is 15.6. The maximum Gasteiger partial charge on any atom is 0.191 e. The lowest BCUT2D eigenvalue weighted by molar-refractivity contribution is -0.135. The number of carbonyl (C=O) groups excluding carboxylic acids is 1. The van der Waals surface area contributed by atoms with Crippen LogP contribution in [0.25, 0.3) is 0 Å². The molecule has 4 aliphatic rings. The molecule has 0 aliphatic heterocycles. The van der Waals surface area contributed by atoms with Crippen molar-refractivity contribution in [2.24, 2.45) is 34.5 Å². The molecule has 0 aromatic carbocycles. The molecule has 0 radical (unpaired) electrons. The van der Waals surface area contributed by atoms with Gasteiger partial charge in [-0.3, -0.25) is 4.79 Å². The number of carbonyl (C=O) groups is 1. The van der Waals surface area contributed by atoms with Crippen molar-refractivity contribution in [1.29, 1.82) is 0 Å². The Kier molecular flexibility index (Phi) is 13.1. The molecular formula is C40H72O3SSi. The Morgan fingerprint density at radius 3 is 2.13 bits per heavy atom. The highest BCUT2D eigenvalue weighted by Crippen LogP contribution is 2.69. The number of fused-ring (bicyclic) bond motifs is 5. The smallest absolute Gasteiger partial charge is 0.191 e. The van der Waals surface area contributed by atoms with Crippen LogP contribution < -0.4 is 0 Å². The molecule has 4 rings (SSSR count). The minimum atomic E-state index is -1.57. The van der Waals surface area contributed by atoms with Crippen LogP contribution in [-0.4, -0.2) is 42.9 Å². The summed E-state index contributed by atoms with van der Waals surface area (Å²) in [7, 11) is -1.57. The number of unbranched alkanes of at least 4 members (excludes halogenated alkanes) is 8. The highest BCUT2D eigenvalue weighted by atomic mass is 32.2. The largest absolute Gasteiger partial charge is 0.417 e. The van der Waals surface area contributed by atoms with Crippen LogP contribution >= 0.6 is 11.8 Å². The SMILES string of the molecule is CC(C)(C)[Si](C)(C)OCCCCCSCCCCCCCCC[C@@H]1CC2=CC(=O)CC[C@]2(C)[C@H]2CC[C@@]3(C)[C@@H](CC[C@]3(C)O)[C@H]12. The molecule has 3 saturated carbocycles. The molecule has 0 heterocycles. The third-order valence-electron chi connectivity index (χ3n) is 14.3. The Bertz CT molecular complexity index is 998. The maximum atomic E-state index is 12.5. The second-order valence-corrected chi connectivity index (χ2v) is 24.2. The molecule has 0 aromatic rings. The van der Waals surface area contributed by atoms with E-state index in [2.05, 4.69) is 72.5 Å². The Labute approximate surface area is 284 Å².